The molecule has 0 aliphatic heterocycles. The number of nitrogens with one attached hydrogen (secondary N) is 1. The zero-order valence-electron chi connectivity index (χ0n) is 6.99. The zero-order valence-corrected chi connectivity index (χ0v) is 6.99. The molecule has 0 fully saturated rings. The van der Waals surface area contributed by atoms with Gasteiger partial charge in [0.05, 0.1) is 6.54 Å². The Morgan fingerprint density at radius 2 is 2.10 bits per heavy atom. The van der Waals surface area contributed by atoms with Crippen LogP contribution in [0, 0.1) is 11.8 Å². The molecule has 0 aliphatic rings. The number of hydrogen-bond donors (Lipinski definition) is 2. The monoisotopic (exact) mass is 140 g/mol. The van der Waals surface area contributed by atoms with E-state index in [2.05, 4.69) is 17.2 Å². The predicted molar refractivity (Wildman–Crippen MR) is 44.6 cm³/mol. The summed E-state index contributed by atoms with van der Waals surface area (Å²) in [6, 6.07) is 0. The lowest BCUT2D eigenvalue weighted by Crippen LogP contribution is -2.43. The highest BCUT2D eigenvalue weighted by Gasteiger charge is 2.07. The molecule has 2 heteroatoms. The van der Waals surface area contributed by atoms with E-state index in [1.807, 2.05) is 20.8 Å². The summed E-state index contributed by atoms with van der Waals surface area (Å²) in [7, 11) is 0. The van der Waals surface area contributed by atoms with Crippen LogP contribution in [-0.4, -0.2) is 18.6 Å². The summed E-state index contributed by atoms with van der Waals surface area (Å²) in [6.45, 7) is 7.34. The van der Waals surface area contributed by atoms with Gasteiger partial charge in [0, 0.05) is 12.1 Å². The molecule has 0 aromatic rings. The molecule has 0 saturated carbocycles. The van der Waals surface area contributed by atoms with E-state index in [-0.39, 0.29) is 5.54 Å². The van der Waals surface area contributed by atoms with Gasteiger partial charge in [-0.3, -0.25) is 0 Å². The molecule has 0 spiro atoms. The molecule has 0 radical (unpaired) electrons. The first-order valence-corrected chi connectivity index (χ1v) is 3.45. The second-order valence-corrected chi connectivity index (χ2v) is 3.02. The van der Waals surface area contributed by atoms with Crippen LogP contribution < -0.4 is 11.1 Å². The Morgan fingerprint density at radius 3 is 2.50 bits per heavy atom. The summed E-state index contributed by atoms with van der Waals surface area (Å²) >= 11 is 0. The fraction of sp³-hybridized carbons (Fsp3) is 0.750. The van der Waals surface area contributed by atoms with Crippen molar-refractivity contribution in [3.05, 3.63) is 0 Å². The minimum atomic E-state index is -0.130. The minimum absolute atomic E-state index is 0.130. The number of rotatable bonds is 3. The van der Waals surface area contributed by atoms with Crippen molar-refractivity contribution in [1.82, 2.24) is 5.32 Å². The summed E-state index contributed by atoms with van der Waals surface area (Å²) in [4.78, 5) is 0. The lowest BCUT2D eigenvalue weighted by atomic mass is 10.1. The Labute approximate surface area is 63.2 Å². The molecule has 0 unspecified atom stereocenters. The Hall–Kier alpha value is -0.520. The lowest BCUT2D eigenvalue weighted by Gasteiger charge is -2.17. The van der Waals surface area contributed by atoms with Crippen molar-refractivity contribution >= 4 is 0 Å². The quantitative estimate of drug-likeness (QED) is 0.438. The third-order valence-corrected chi connectivity index (χ3v) is 0.971. The summed E-state index contributed by atoms with van der Waals surface area (Å²) in [6.07, 6.45) is 0. The average Bonchev–Trinajstić information content (AvgIpc) is 1.78. The Kier molecular flexibility index (Phi) is 4.10. The van der Waals surface area contributed by atoms with Crippen LogP contribution in [0.15, 0.2) is 0 Å². The van der Waals surface area contributed by atoms with Crippen LogP contribution in [0.25, 0.3) is 0 Å². The standard InChI is InChI=1S/C8H16N2/c1-4-5-6-10-7-8(2,3)9/h10H,6-7,9H2,1-3H3. The highest BCUT2D eigenvalue weighted by atomic mass is 14.9. The molecule has 0 amide bonds. The second kappa shape index (κ2) is 4.32. The van der Waals surface area contributed by atoms with Crippen LogP contribution in [0.1, 0.15) is 20.8 Å². The van der Waals surface area contributed by atoms with Gasteiger partial charge in [-0.2, -0.15) is 0 Å². The van der Waals surface area contributed by atoms with Crippen molar-refractivity contribution in [2.45, 2.75) is 26.3 Å². The van der Waals surface area contributed by atoms with Crippen molar-refractivity contribution in [1.29, 1.82) is 0 Å². The van der Waals surface area contributed by atoms with E-state index in [9.17, 15) is 0 Å². The van der Waals surface area contributed by atoms with Gasteiger partial charge >= 0.3 is 0 Å². The molecule has 0 aromatic heterocycles. The maximum absolute atomic E-state index is 5.71. The van der Waals surface area contributed by atoms with Crippen LogP contribution in [-0.2, 0) is 0 Å². The van der Waals surface area contributed by atoms with Gasteiger partial charge in [-0.15, -0.1) is 5.92 Å². The highest BCUT2D eigenvalue weighted by molar-refractivity contribution is 4.97. The van der Waals surface area contributed by atoms with Crippen molar-refractivity contribution in [2.75, 3.05) is 13.1 Å². The summed E-state index contributed by atoms with van der Waals surface area (Å²) < 4.78 is 0. The summed E-state index contributed by atoms with van der Waals surface area (Å²) in [5, 5.41) is 3.13. The molecule has 3 N–H and O–H groups in total. The topological polar surface area (TPSA) is 38.0 Å². The third-order valence-electron chi connectivity index (χ3n) is 0.971. The van der Waals surface area contributed by atoms with Crippen LogP contribution in [0.2, 0.25) is 0 Å². The molecule has 0 rings (SSSR count). The largest absolute Gasteiger partial charge is 0.324 e. The van der Waals surface area contributed by atoms with Gasteiger partial charge in [0.1, 0.15) is 0 Å². The minimum Gasteiger partial charge on any atom is -0.324 e. The first-order chi connectivity index (χ1) is 4.56. The van der Waals surface area contributed by atoms with Crippen molar-refractivity contribution < 1.29 is 0 Å². The normalized spacial score (nSPS) is 10.4. The molecule has 10 heavy (non-hydrogen) atoms. The molecule has 0 aromatic carbocycles. The fourth-order valence-corrected chi connectivity index (χ4v) is 0.536. The van der Waals surface area contributed by atoms with Gasteiger partial charge in [0.2, 0.25) is 0 Å². The average molecular weight is 140 g/mol. The van der Waals surface area contributed by atoms with Crippen LogP contribution >= 0.6 is 0 Å². The molecule has 0 atom stereocenters. The fourth-order valence-electron chi connectivity index (χ4n) is 0.536. The van der Waals surface area contributed by atoms with E-state index in [0.29, 0.717) is 0 Å². The predicted octanol–water partition coefficient (Wildman–Crippen LogP) is 0.337. The number of hydrogen-bond acceptors (Lipinski definition) is 2. The molecule has 58 valence electrons. The van der Waals surface area contributed by atoms with Crippen LogP contribution in [0.3, 0.4) is 0 Å². The molecular formula is C8H16N2. The third kappa shape index (κ3) is 7.48. The van der Waals surface area contributed by atoms with E-state index in [1.165, 1.54) is 0 Å². The Balaban J connectivity index is 3.26. The van der Waals surface area contributed by atoms with E-state index in [4.69, 9.17) is 5.73 Å². The van der Waals surface area contributed by atoms with E-state index in [0.717, 1.165) is 13.1 Å². The van der Waals surface area contributed by atoms with Crippen LogP contribution in [0.4, 0.5) is 0 Å². The van der Waals surface area contributed by atoms with Crippen molar-refractivity contribution in [3.8, 4) is 11.8 Å². The SMILES string of the molecule is CC#CCNCC(C)(C)N. The summed E-state index contributed by atoms with van der Waals surface area (Å²) in [5.74, 6) is 5.70. The molecule has 2 nitrogen and oxygen atoms in total. The molecule has 0 bridgehead atoms. The van der Waals surface area contributed by atoms with Gasteiger partial charge in [-0.25, -0.2) is 0 Å². The first-order valence-electron chi connectivity index (χ1n) is 3.45. The molecular weight excluding hydrogens is 124 g/mol. The first kappa shape index (κ1) is 9.48. The van der Waals surface area contributed by atoms with Gasteiger partial charge in [0.15, 0.2) is 0 Å². The maximum Gasteiger partial charge on any atom is 0.0577 e. The highest BCUT2D eigenvalue weighted by Crippen LogP contribution is 1.91. The maximum atomic E-state index is 5.71. The molecule has 0 heterocycles. The van der Waals surface area contributed by atoms with E-state index in [1.54, 1.807) is 0 Å². The summed E-state index contributed by atoms with van der Waals surface area (Å²) in [5.41, 5.74) is 5.58. The van der Waals surface area contributed by atoms with Crippen molar-refractivity contribution in [3.63, 3.8) is 0 Å². The van der Waals surface area contributed by atoms with E-state index >= 15 is 0 Å². The van der Waals surface area contributed by atoms with Gasteiger partial charge in [0.25, 0.3) is 0 Å². The number of nitrogens with two attached hydrogens (primary N) is 1. The van der Waals surface area contributed by atoms with Crippen LogP contribution in [0.5, 0.6) is 0 Å². The smallest absolute Gasteiger partial charge is 0.0577 e. The lowest BCUT2D eigenvalue weighted by molar-refractivity contribution is 0.482. The second-order valence-electron chi connectivity index (χ2n) is 3.02. The van der Waals surface area contributed by atoms with E-state index < -0.39 is 0 Å². The molecule has 0 saturated heterocycles. The molecule has 0 aliphatic carbocycles. The van der Waals surface area contributed by atoms with Gasteiger partial charge < -0.3 is 11.1 Å². The Bertz CT molecular complexity index is 134. The van der Waals surface area contributed by atoms with Gasteiger partial charge in [-0.1, -0.05) is 5.92 Å². The Morgan fingerprint density at radius 1 is 1.50 bits per heavy atom. The van der Waals surface area contributed by atoms with Crippen molar-refractivity contribution in [2.24, 2.45) is 5.73 Å². The zero-order chi connectivity index (χ0) is 8.04. The van der Waals surface area contributed by atoms with Gasteiger partial charge in [-0.05, 0) is 20.8 Å².